The van der Waals surface area contributed by atoms with Crippen LogP contribution in [-0.2, 0) is 20.7 Å². The standard InChI is InChI=1S/2C21H28N4O2.2CH3I/c2*1-14(19-10-23-13-24-19)25-11-17-7-4-8-18(12-25)21(17,27-2)16-6-3-5-15(9-16)20(22)26;2*1-2/h2*3,5-6,9-10,13-14,17-18H,4,7-8,11-12H2,1-2H3,(H2,22,26)(H,23,24);2*1H3/t2*14-,17?,18?,21?;;/m10../s1. The smallest absolute Gasteiger partial charge is 0.248 e. The number of aromatic nitrogens is 4. The quantitative estimate of drug-likeness (QED) is 0.0923. The van der Waals surface area contributed by atoms with Crippen molar-refractivity contribution in [3.05, 3.63) is 107 Å². The molecule has 4 unspecified atom stereocenters. The van der Waals surface area contributed by atoms with Gasteiger partial charge in [0.15, 0.2) is 0 Å². The molecule has 12 nitrogen and oxygen atoms in total. The summed E-state index contributed by atoms with van der Waals surface area (Å²) in [5.41, 5.74) is 15.9. The molecule has 8 rings (SSSR count). The van der Waals surface area contributed by atoms with Crippen LogP contribution in [0, 0.1) is 23.7 Å². The molecule has 4 aliphatic rings. The predicted octanol–water partition coefficient (Wildman–Crippen LogP) is 7.79. The van der Waals surface area contributed by atoms with E-state index >= 15 is 0 Å². The number of rotatable bonds is 10. The second-order valence-corrected chi connectivity index (χ2v) is 15.8. The zero-order valence-electron chi connectivity index (χ0n) is 34.8. The Kier molecular flexibility index (Phi) is 16.8. The minimum atomic E-state index is -0.390. The lowest BCUT2D eigenvalue weighted by atomic mass is 9.62. The fourth-order valence-corrected chi connectivity index (χ4v) is 10.6. The SMILES string of the molecule is CI.CI.COC1(c2cccc(C(N)=O)c2)C2CCCC1CN([C@@H](C)c1cnc[nH]1)C2.COC1(c2cccc(C(N)=O)c2)C2CCCC1CN([C@H](C)c1cnc[nH]1)C2. The molecule has 4 aromatic rings. The van der Waals surface area contributed by atoms with Gasteiger partial charge in [-0.3, -0.25) is 19.4 Å². The predicted molar refractivity (Wildman–Crippen MR) is 246 cm³/mol. The van der Waals surface area contributed by atoms with Crippen molar-refractivity contribution in [3.63, 3.8) is 0 Å². The summed E-state index contributed by atoms with van der Waals surface area (Å²) in [6, 6.07) is 16.0. The number of aromatic amines is 2. The first-order chi connectivity index (χ1) is 28.1. The Labute approximate surface area is 371 Å². The molecule has 14 heteroatoms. The van der Waals surface area contributed by atoms with Crippen LogP contribution < -0.4 is 11.5 Å². The number of nitrogens with two attached hydrogens (primary N) is 2. The van der Waals surface area contributed by atoms with Crippen LogP contribution in [0.5, 0.6) is 0 Å². The molecule has 4 fully saturated rings. The molecule has 2 amide bonds. The van der Waals surface area contributed by atoms with Crippen molar-refractivity contribution in [2.75, 3.05) is 50.3 Å². The van der Waals surface area contributed by atoms with Crippen molar-refractivity contribution in [2.45, 2.75) is 75.7 Å². The van der Waals surface area contributed by atoms with Gasteiger partial charge in [-0.15, -0.1) is 0 Å². The lowest BCUT2D eigenvalue weighted by Gasteiger charge is -2.56. The number of hydrogen-bond acceptors (Lipinski definition) is 8. The first-order valence-electron chi connectivity index (χ1n) is 20.2. The monoisotopic (exact) mass is 1020 g/mol. The summed E-state index contributed by atoms with van der Waals surface area (Å²) in [6.07, 6.45) is 14.2. The number of benzene rings is 2. The maximum absolute atomic E-state index is 11.7. The highest BCUT2D eigenvalue weighted by Crippen LogP contribution is 2.54. The van der Waals surface area contributed by atoms with Crippen LogP contribution in [0.1, 0.15) is 108 Å². The minimum Gasteiger partial charge on any atom is -0.373 e. The van der Waals surface area contributed by atoms with Crippen LogP contribution in [0.25, 0.3) is 0 Å². The van der Waals surface area contributed by atoms with E-state index in [9.17, 15) is 9.59 Å². The number of piperidine rings is 2. The van der Waals surface area contributed by atoms with Gasteiger partial charge in [-0.05, 0) is 84.8 Å². The van der Waals surface area contributed by atoms with E-state index in [1.54, 1.807) is 24.8 Å². The molecule has 2 aromatic carbocycles. The maximum Gasteiger partial charge on any atom is 0.248 e. The Bertz CT molecular complexity index is 1730. The molecule has 2 aromatic heterocycles. The van der Waals surface area contributed by atoms with Gasteiger partial charge in [0.25, 0.3) is 0 Å². The van der Waals surface area contributed by atoms with Crippen LogP contribution >= 0.6 is 45.2 Å². The van der Waals surface area contributed by atoms with Crippen molar-refractivity contribution in [2.24, 2.45) is 35.1 Å². The summed E-state index contributed by atoms with van der Waals surface area (Å²) in [7, 11) is 3.63. The largest absolute Gasteiger partial charge is 0.373 e. The zero-order valence-corrected chi connectivity index (χ0v) is 39.1. The van der Waals surface area contributed by atoms with Gasteiger partial charge in [-0.1, -0.05) is 82.3 Å². The van der Waals surface area contributed by atoms with E-state index in [1.807, 2.05) is 60.7 Å². The molecule has 0 radical (unpaired) electrons. The molecule has 0 spiro atoms. The summed E-state index contributed by atoms with van der Waals surface area (Å²) < 4.78 is 12.6. The van der Waals surface area contributed by atoms with E-state index < -0.39 is 11.8 Å². The maximum atomic E-state index is 11.7. The Morgan fingerprint density at radius 3 is 1.29 bits per heavy atom. The number of nitrogens with one attached hydrogen (secondary N) is 2. The van der Waals surface area contributed by atoms with Crippen LogP contribution in [-0.4, -0.2) is 91.8 Å². The molecule has 58 heavy (non-hydrogen) atoms. The van der Waals surface area contributed by atoms with Crippen molar-refractivity contribution in [3.8, 4) is 0 Å². The Balaban J connectivity index is 0.000000204. The van der Waals surface area contributed by atoms with Gasteiger partial charge in [-0.25, -0.2) is 9.97 Å². The van der Waals surface area contributed by atoms with Crippen LogP contribution in [0.4, 0.5) is 0 Å². The summed E-state index contributed by atoms with van der Waals surface area (Å²) in [5, 5.41) is 0. The number of H-pyrrole nitrogens is 2. The molecule has 2 saturated carbocycles. The summed E-state index contributed by atoms with van der Waals surface area (Å²) >= 11 is 4.30. The fourth-order valence-electron chi connectivity index (χ4n) is 10.6. The average Bonchev–Trinajstić information content (AvgIpc) is 4.00. The van der Waals surface area contributed by atoms with Gasteiger partial charge in [0.2, 0.25) is 11.8 Å². The third kappa shape index (κ3) is 9.21. The number of imidazole rings is 2. The average molecular weight is 1020 g/mol. The van der Waals surface area contributed by atoms with E-state index in [4.69, 9.17) is 20.9 Å². The fraction of sp³-hybridized carbons (Fsp3) is 0.545. The number of methoxy groups -OCH3 is 2. The zero-order chi connectivity index (χ0) is 42.0. The van der Waals surface area contributed by atoms with Gasteiger partial charge in [0.1, 0.15) is 11.2 Å². The summed E-state index contributed by atoms with van der Waals surface area (Å²) in [4.78, 5) is 47.3. The lowest BCUT2D eigenvalue weighted by molar-refractivity contribution is -0.174. The first-order valence-corrected chi connectivity index (χ1v) is 24.5. The summed E-state index contributed by atoms with van der Waals surface area (Å²) in [6.45, 7) is 8.32. The molecule has 316 valence electrons. The van der Waals surface area contributed by atoms with Crippen LogP contribution in [0.2, 0.25) is 0 Å². The molecular formula is C44H62I2N8O4. The molecule has 2 aliphatic heterocycles. The molecular weight excluding hydrogens is 958 g/mol. The molecule has 2 aliphatic carbocycles. The number of hydrogen-bond donors (Lipinski definition) is 4. The normalized spacial score (nSPS) is 27.6. The number of primary amides is 2. The van der Waals surface area contributed by atoms with E-state index in [-0.39, 0.29) is 11.2 Å². The van der Waals surface area contributed by atoms with E-state index in [1.165, 1.54) is 12.8 Å². The van der Waals surface area contributed by atoms with E-state index in [0.29, 0.717) is 46.9 Å². The highest BCUT2D eigenvalue weighted by molar-refractivity contribution is 14.1. The van der Waals surface area contributed by atoms with Gasteiger partial charge in [-0.2, -0.15) is 0 Å². The highest BCUT2D eigenvalue weighted by Gasteiger charge is 2.55. The Hall–Kier alpha value is -2.90. The third-order valence-electron chi connectivity index (χ3n) is 13.4. The lowest BCUT2D eigenvalue weighted by Crippen LogP contribution is -2.59. The number of alkyl halides is 2. The third-order valence-corrected chi connectivity index (χ3v) is 13.4. The van der Waals surface area contributed by atoms with Gasteiger partial charge >= 0.3 is 0 Å². The van der Waals surface area contributed by atoms with Gasteiger partial charge in [0.05, 0.1) is 24.0 Å². The Morgan fingerprint density at radius 2 is 1.02 bits per heavy atom. The first kappa shape index (κ1) is 46.2. The topological polar surface area (TPSA) is 168 Å². The molecule has 6 N–H and O–H groups in total. The van der Waals surface area contributed by atoms with E-state index in [0.717, 1.165) is 74.4 Å². The van der Waals surface area contributed by atoms with E-state index in [2.05, 4.69) is 101 Å². The second kappa shape index (κ2) is 21.1. The number of nitrogens with zero attached hydrogens (tertiary/aromatic N) is 4. The van der Waals surface area contributed by atoms with Crippen LogP contribution in [0.15, 0.2) is 73.6 Å². The van der Waals surface area contributed by atoms with Gasteiger partial charge in [0, 0.05) is 99.7 Å². The molecule has 2 saturated heterocycles. The van der Waals surface area contributed by atoms with Crippen molar-refractivity contribution in [1.82, 2.24) is 29.7 Å². The molecule has 4 bridgehead atoms. The number of carbonyl (C=O) groups excluding carboxylic acids is 2. The molecule has 4 heterocycles. The number of likely N-dealkylation sites (tertiary alicyclic amines) is 2. The number of halogens is 2. The van der Waals surface area contributed by atoms with Gasteiger partial charge < -0.3 is 30.9 Å². The number of fused-ring (bicyclic) bond motifs is 4. The van der Waals surface area contributed by atoms with Crippen molar-refractivity contribution >= 4 is 57.0 Å². The number of ether oxygens (including phenoxy) is 2. The number of amides is 2. The van der Waals surface area contributed by atoms with Crippen molar-refractivity contribution < 1.29 is 19.1 Å². The molecule has 6 atom stereocenters. The number of carbonyl (C=O) groups is 2. The Morgan fingerprint density at radius 1 is 0.672 bits per heavy atom. The van der Waals surface area contributed by atoms with Crippen LogP contribution in [0.3, 0.4) is 0 Å². The second-order valence-electron chi connectivity index (χ2n) is 15.8. The highest BCUT2D eigenvalue weighted by atomic mass is 127. The van der Waals surface area contributed by atoms with Crippen molar-refractivity contribution in [1.29, 1.82) is 0 Å². The minimum absolute atomic E-state index is 0.294. The summed E-state index contributed by atoms with van der Waals surface area (Å²) in [5.74, 6) is 0.733.